The second-order valence-electron chi connectivity index (χ2n) is 16.5. The lowest BCUT2D eigenvalue weighted by molar-refractivity contribution is 1.25. The van der Waals surface area contributed by atoms with Crippen LogP contribution in [0, 0.1) is 0 Å². The maximum atomic E-state index is 2.54. The van der Waals surface area contributed by atoms with Crippen LogP contribution < -0.4 is 26.2 Å². The first kappa shape index (κ1) is 36.7. The first-order chi connectivity index (χ1) is 31.2. The minimum Gasteiger partial charge on any atom is -0.311 e. The zero-order valence-corrected chi connectivity index (χ0v) is 34.6. The van der Waals surface area contributed by atoms with Crippen molar-refractivity contribution in [3.05, 3.63) is 249 Å². The standard InChI is InChI=1S/C60H41BN2/c1-6-18-42(19-7-1)47-28-16-30-52(36-47)62-56-38-49(44-22-10-3-11-23-44)32-34-54(56)61-55-35-33-50(45-24-12-4-13-25-45)39-57(55)63(53-31-17-29-48(37-53)43-20-8-2-9-21-43)59-41-51(40-58(62)60(59)61)46-26-14-5-15-27-46/h1-41H. The Kier molecular flexibility index (Phi) is 8.97. The first-order valence-corrected chi connectivity index (χ1v) is 21.8. The molecular weight excluding hydrogens is 759 g/mol. The van der Waals surface area contributed by atoms with Crippen molar-refractivity contribution < 1.29 is 0 Å². The zero-order valence-electron chi connectivity index (χ0n) is 34.6. The SMILES string of the molecule is c1ccc(-c2cccc(N3c4cc(-c5ccccc5)ccc4B4c5ccc(-c6ccccc6)cc5N(c5cccc(-c6ccccc6)c5)c5cc(-c6ccccc6)cc3c54)c2)cc1. The van der Waals surface area contributed by atoms with Crippen LogP contribution >= 0.6 is 0 Å². The molecule has 0 unspecified atom stereocenters. The Morgan fingerprint density at radius 3 is 0.889 bits per heavy atom. The number of fused-ring (bicyclic) bond motifs is 4. The van der Waals surface area contributed by atoms with Gasteiger partial charge in [-0.15, -0.1) is 0 Å². The lowest BCUT2D eigenvalue weighted by Gasteiger charge is -2.45. The van der Waals surface area contributed by atoms with E-state index in [2.05, 4.69) is 259 Å². The van der Waals surface area contributed by atoms with Crippen molar-refractivity contribution in [2.45, 2.75) is 0 Å². The molecule has 0 fully saturated rings. The smallest absolute Gasteiger partial charge is 0.252 e. The van der Waals surface area contributed by atoms with E-state index < -0.39 is 0 Å². The molecule has 10 aromatic carbocycles. The quantitative estimate of drug-likeness (QED) is 0.148. The van der Waals surface area contributed by atoms with Gasteiger partial charge in [-0.2, -0.15) is 0 Å². The molecule has 0 aliphatic carbocycles. The summed E-state index contributed by atoms with van der Waals surface area (Å²) in [5.74, 6) is 0. The topological polar surface area (TPSA) is 6.48 Å². The summed E-state index contributed by atoms with van der Waals surface area (Å²) in [6.45, 7) is -0.0263. The molecule has 0 saturated carbocycles. The lowest BCUT2D eigenvalue weighted by Crippen LogP contribution is -2.61. The maximum absolute atomic E-state index is 2.54. The molecule has 0 N–H and O–H groups in total. The number of rotatable bonds is 7. The van der Waals surface area contributed by atoms with E-state index in [4.69, 9.17) is 0 Å². The predicted molar refractivity (Wildman–Crippen MR) is 268 cm³/mol. The Balaban J connectivity index is 1.18. The molecule has 10 aromatic rings. The van der Waals surface area contributed by atoms with Gasteiger partial charge in [0.2, 0.25) is 0 Å². The fraction of sp³-hybridized carbons (Fsp3) is 0. The van der Waals surface area contributed by atoms with E-state index in [1.807, 2.05) is 0 Å². The summed E-state index contributed by atoms with van der Waals surface area (Å²) in [6.07, 6.45) is 0. The van der Waals surface area contributed by atoms with Crippen LogP contribution in [-0.4, -0.2) is 6.71 Å². The molecule has 294 valence electrons. The van der Waals surface area contributed by atoms with E-state index in [9.17, 15) is 0 Å². The number of nitrogens with zero attached hydrogens (tertiary/aromatic N) is 2. The van der Waals surface area contributed by atoms with Crippen LogP contribution in [0.5, 0.6) is 0 Å². The second-order valence-corrected chi connectivity index (χ2v) is 16.5. The van der Waals surface area contributed by atoms with Gasteiger partial charge in [0.25, 0.3) is 6.71 Å². The monoisotopic (exact) mass is 800 g/mol. The Labute approximate surface area is 369 Å². The fourth-order valence-corrected chi connectivity index (χ4v) is 9.87. The van der Waals surface area contributed by atoms with E-state index in [0.29, 0.717) is 0 Å². The summed E-state index contributed by atoms with van der Waals surface area (Å²) in [6, 6.07) is 91.2. The number of anilines is 6. The van der Waals surface area contributed by atoms with Crippen LogP contribution in [0.3, 0.4) is 0 Å². The van der Waals surface area contributed by atoms with Gasteiger partial charge in [0.15, 0.2) is 0 Å². The molecule has 3 heteroatoms. The highest BCUT2D eigenvalue weighted by Gasteiger charge is 2.44. The van der Waals surface area contributed by atoms with Gasteiger partial charge in [0.05, 0.1) is 0 Å². The zero-order chi connectivity index (χ0) is 41.7. The third-order valence-corrected chi connectivity index (χ3v) is 12.8. The molecule has 0 radical (unpaired) electrons. The summed E-state index contributed by atoms with van der Waals surface area (Å²) in [7, 11) is 0. The molecule has 0 bridgehead atoms. The second kappa shape index (κ2) is 15.4. The van der Waals surface area contributed by atoms with Crippen LogP contribution in [0.2, 0.25) is 0 Å². The van der Waals surface area contributed by atoms with Gasteiger partial charge in [-0.3, -0.25) is 0 Å². The summed E-state index contributed by atoms with van der Waals surface area (Å²) in [5, 5.41) is 0. The summed E-state index contributed by atoms with van der Waals surface area (Å²) >= 11 is 0. The van der Waals surface area contributed by atoms with Gasteiger partial charge in [0, 0.05) is 34.1 Å². The molecule has 0 atom stereocenters. The van der Waals surface area contributed by atoms with Crippen molar-refractivity contribution in [1.29, 1.82) is 0 Å². The normalized spacial score (nSPS) is 12.3. The highest BCUT2D eigenvalue weighted by molar-refractivity contribution is 7.00. The Bertz CT molecular complexity index is 3080. The molecule has 2 nitrogen and oxygen atoms in total. The minimum atomic E-state index is -0.0263. The van der Waals surface area contributed by atoms with Crippen molar-refractivity contribution >= 4 is 57.2 Å². The third-order valence-electron chi connectivity index (χ3n) is 12.8. The van der Waals surface area contributed by atoms with Crippen LogP contribution in [-0.2, 0) is 0 Å². The molecule has 0 saturated heterocycles. The number of benzene rings is 10. The van der Waals surface area contributed by atoms with E-state index >= 15 is 0 Å². The summed E-state index contributed by atoms with van der Waals surface area (Å²) in [5.41, 5.74) is 22.7. The van der Waals surface area contributed by atoms with Crippen LogP contribution in [0.15, 0.2) is 249 Å². The van der Waals surface area contributed by atoms with E-state index in [0.717, 1.165) is 11.4 Å². The van der Waals surface area contributed by atoms with Gasteiger partial charge in [-0.25, -0.2) is 0 Å². The van der Waals surface area contributed by atoms with Gasteiger partial charge in [-0.1, -0.05) is 200 Å². The predicted octanol–water partition coefficient (Wildman–Crippen LogP) is 14.1. The molecule has 12 rings (SSSR count). The molecular formula is C60H41BN2. The maximum Gasteiger partial charge on any atom is 0.252 e. The highest BCUT2D eigenvalue weighted by Crippen LogP contribution is 2.48. The molecule has 2 aliphatic rings. The van der Waals surface area contributed by atoms with Gasteiger partial charge < -0.3 is 9.80 Å². The van der Waals surface area contributed by atoms with Crippen LogP contribution in [0.1, 0.15) is 0 Å². The van der Waals surface area contributed by atoms with Crippen molar-refractivity contribution in [3.63, 3.8) is 0 Å². The largest absolute Gasteiger partial charge is 0.311 e. The van der Waals surface area contributed by atoms with Crippen LogP contribution in [0.4, 0.5) is 34.1 Å². The minimum absolute atomic E-state index is 0.0263. The first-order valence-electron chi connectivity index (χ1n) is 21.8. The average Bonchev–Trinajstić information content (AvgIpc) is 3.37. The fourth-order valence-electron chi connectivity index (χ4n) is 9.87. The molecule has 0 aromatic heterocycles. The molecule has 2 heterocycles. The number of hydrogen-bond acceptors (Lipinski definition) is 2. The molecule has 0 amide bonds. The summed E-state index contributed by atoms with van der Waals surface area (Å²) < 4.78 is 0. The van der Waals surface area contributed by atoms with Crippen LogP contribution in [0.25, 0.3) is 55.6 Å². The highest BCUT2D eigenvalue weighted by atomic mass is 15.2. The molecule has 63 heavy (non-hydrogen) atoms. The summed E-state index contributed by atoms with van der Waals surface area (Å²) in [4.78, 5) is 5.08. The van der Waals surface area contributed by atoms with Crippen molar-refractivity contribution in [2.75, 3.05) is 9.80 Å². The van der Waals surface area contributed by atoms with Gasteiger partial charge in [0.1, 0.15) is 0 Å². The van der Waals surface area contributed by atoms with E-state index in [-0.39, 0.29) is 6.71 Å². The Morgan fingerprint density at radius 2 is 0.524 bits per heavy atom. The van der Waals surface area contributed by atoms with Crippen molar-refractivity contribution in [2.24, 2.45) is 0 Å². The van der Waals surface area contributed by atoms with Gasteiger partial charge in [-0.05, 0) is 121 Å². The molecule has 0 spiro atoms. The Hall–Kier alpha value is -8.14. The average molecular weight is 801 g/mol. The number of hydrogen-bond donors (Lipinski definition) is 0. The van der Waals surface area contributed by atoms with E-state index in [1.54, 1.807) is 0 Å². The lowest BCUT2D eigenvalue weighted by atomic mass is 9.33. The van der Waals surface area contributed by atoms with E-state index in [1.165, 1.54) is 94.8 Å². The molecule has 2 aliphatic heterocycles. The van der Waals surface area contributed by atoms with Crippen molar-refractivity contribution in [3.8, 4) is 55.6 Å². The van der Waals surface area contributed by atoms with Crippen molar-refractivity contribution in [1.82, 2.24) is 0 Å². The van der Waals surface area contributed by atoms with Gasteiger partial charge >= 0.3 is 0 Å². The third kappa shape index (κ3) is 6.45. The Morgan fingerprint density at radius 1 is 0.222 bits per heavy atom.